The van der Waals surface area contributed by atoms with Gasteiger partial charge in [-0.05, 0) is 11.6 Å². The van der Waals surface area contributed by atoms with Crippen molar-refractivity contribution in [2.24, 2.45) is 0 Å². The van der Waals surface area contributed by atoms with Crippen molar-refractivity contribution in [3.05, 3.63) is 29.6 Å². The van der Waals surface area contributed by atoms with Crippen molar-refractivity contribution in [2.45, 2.75) is 19.4 Å². The van der Waals surface area contributed by atoms with Gasteiger partial charge in [-0.25, -0.2) is 9.78 Å². The molecule has 1 aliphatic heterocycles. The summed E-state index contributed by atoms with van der Waals surface area (Å²) in [5.74, 6) is -0.694. The van der Waals surface area contributed by atoms with Gasteiger partial charge in [0, 0.05) is 38.7 Å². The van der Waals surface area contributed by atoms with Crippen LogP contribution in [0.1, 0.15) is 28.9 Å². The van der Waals surface area contributed by atoms with Gasteiger partial charge in [0.1, 0.15) is 11.5 Å². The molecule has 90 valence electrons. The quantitative estimate of drug-likeness (QED) is 0.843. The molecule has 5 nitrogen and oxygen atoms in total. The number of hydrogen-bond donors (Lipinski definition) is 1. The van der Waals surface area contributed by atoms with Gasteiger partial charge in [-0.2, -0.15) is 0 Å². The molecule has 0 bridgehead atoms. The average Bonchev–Trinajstić information content (AvgIpc) is 2.33. The highest BCUT2D eigenvalue weighted by molar-refractivity contribution is 5.85. The highest BCUT2D eigenvalue weighted by Crippen LogP contribution is 2.10. The summed E-state index contributed by atoms with van der Waals surface area (Å²) in [6, 6.07) is 3.28. The lowest BCUT2D eigenvalue weighted by Crippen LogP contribution is -2.33. The molecule has 2 heterocycles. The van der Waals surface area contributed by atoms with Gasteiger partial charge in [0.2, 0.25) is 0 Å². The number of carbonyl (C=O) groups is 2. The van der Waals surface area contributed by atoms with Gasteiger partial charge < -0.3 is 5.11 Å². The molecule has 2 rings (SSSR count). The Bertz CT molecular complexity index is 418. The van der Waals surface area contributed by atoms with E-state index in [0.29, 0.717) is 18.6 Å². The molecule has 1 aliphatic rings. The Kier molecular flexibility index (Phi) is 3.49. The van der Waals surface area contributed by atoms with Crippen LogP contribution in [0.2, 0.25) is 0 Å². The molecule has 1 aromatic heterocycles. The Morgan fingerprint density at radius 3 is 2.59 bits per heavy atom. The van der Waals surface area contributed by atoms with Crippen LogP contribution >= 0.6 is 0 Å². The van der Waals surface area contributed by atoms with E-state index < -0.39 is 5.97 Å². The number of pyridine rings is 1. The number of likely N-dealkylation sites (tertiary alicyclic amines) is 1. The van der Waals surface area contributed by atoms with Gasteiger partial charge in [-0.15, -0.1) is 0 Å². The Balaban J connectivity index is 1.95. The summed E-state index contributed by atoms with van der Waals surface area (Å²) in [6.45, 7) is 2.28. The lowest BCUT2D eigenvalue weighted by atomic mass is 10.1. The molecule has 1 saturated heterocycles. The Labute approximate surface area is 99.1 Å². The van der Waals surface area contributed by atoms with Crippen LogP contribution in [0, 0.1) is 0 Å². The minimum Gasteiger partial charge on any atom is -0.477 e. The minimum atomic E-state index is -1.01. The molecule has 0 atom stereocenters. The van der Waals surface area contributed by atoms with Crippen LogP contribution in [-0.4, -0.2) is 39.8 Å². The standard InChI is InChI=1S/C12H14N2O3/c15-10-3-5-14(6-4-10)8-9-1-2-11(12(16)17)13-7-9/h1-2,7H,3-6,8H2,(H,16,17). The molecule has 0 saturated carbocycles. The second kappa shape index (κ2) is 5.05. The molecular weight excluding hydrogens is 220 g/mol. The van der Waals surface area contributed by atoms with Crippen molar-refractivity contribution in [1.82, 2.24) is 9.88 Å². The fourth-order valence-electron chi connectivity index (χ4n) is 1.86. The Morgan fingerprint density at radius 2 is 2.06 bits per heavy atom. The van der Waals surface area contributed by atoms with E-state index >= 15 is 0 Å². The molecule has 0 spiro atoms. The first-order valence-electron chi connectivity index (χ1n) is 5.57. The van der Waals surface area contributed by atoms with E-state index in [1.807, 2.05) is 0 Å². The zero-order valence-corrected chi connectivity index (χ0v) is 9.43. The normalized spacial score (nSPS) is 17.1. The molecule has 0 radical (unpaired) electrons. The van der Waals surface area contributed by atoms with Crippen molar-refractivity contribution >= 4 is 11.8 Å². The number of aromatic nitrogens is 1. The molecule has 17 heavy (non-hydrogen) atoms. The van der Waals surface area contributed by atoms with Gasteiger partial charge in [0.15, 0.2) is 0 Å². The number of ketones is 1. The van der Waals surface area contributed by atoms with Crippen LogP contribution in [0.15, 0.2) is 18.3 Å². The zero-order valence-electron chi connectivity index (χ0n) is 9.43. The third-order valence-electron chi connectivity index (χ3n) is 2.86. The summed E-state index contributed by atoms with van der Waals surface area (Å²) in [5.41, 5.74) is 1.03. The summed E-state index contributed by atoms with van der Waals surface area (Å²) < 4.78 is 0. The van der Waals surface area contributed by atoms with Crippen LogP contribution < -0.4 is 0 Å². The van der Waals surface area contributed by atoms with Crippen LogP contribution in [0.3, 0.4) is 0 Å². The SMILES string of the molecule is O=C1CCN(Cc2ccc(C(=O)O)nc2)CC1. The maximum absolute atomic E-state index is 11.1. The number of rotatable bonds is 3. The summed E-state index contributed by atoms with van der Waals surface area (Å²) in [7, 11) is 0. The maximum Gasteiger partial charge on any atom is 0.354 e. The summed E-state index contributed by atoms with van der Waals surface area (Å²) >= 11 is 0. The van der Waals surface area contributed by atoms with E-state index in [-0.39, 0.29) is 5.69 Å². The predicted octanol–water partition coefficient (Wildman–Crippen LogP) is 0.945. The van der Waals surface area contributed by atoms with Crippen molar-refractivity contribution in [1.29, 1.82) is 0 Å². The second-order valence-corrected chi connectivity index (χ2v) is 4.17. The van der Waals surface area contributed by atoms with Gasteiger partial charge in [-0.3, -0.25) is 9.69 Å². The molecular formula is C12H14N2O3. The summed E-state index contributed by atoms with van der Waals surface area (Å²) in [5, 5.41) is 8.72. The van der Waals surface area contributed by atoms with Gasteiger partial charge >= 0.3 is 5.97 Å². The molecule has 0 amide bonds. The van der Waals surface area contributed by atoms with E-state index in [1.54, 1.807) is 12.3 Å². The number of carbonyl (C=O) groups excluding carboxylic acids is 1. The first-order valence-corrected chi connectivity index (χ1v) is 5.57. The smallest absolute Gasteiger partial charge is 0.354 e. The van der Waals surface area contributed by atoms with Gasteiger partial charge in [0.05, 0.1) is 0 Å². The van der Waals surface area contributed by atoms with Crippen LogP contribution in [0.5, 0.6) is 0 Å². The number of piperidine rings is 1. The minimum absolute atomic E-state index is 0.0579. The van der Waals surface area contributed by atoms with Gasteiger partial charge in [0.25, 0.3) is 0 Å². The Morgan fingerprint density at radius 1 is 1.35 bits per heavy atom. The summed E-state index contributed by atoms with van der Waals surface area (Å²) in [6.07, 6.45) is 2.81. The fourth-order valence-corrected chi connectivity index (χ4v) is 1.86. The summed E-state index contributed by atoms with van der Waals surface area (Å²) in [4.78, 5) is 27.7. The van der Waals surface area contributed by atoms with E-state index in [9.17, 15) is 9.59 Å². The number of nitrogens with zero attached hydrogens (tertiary/aromatic N) is 2. The third kappa shape index (κ3) is 3.10. The van der Waals surface area contributed by atoms with E-state index in [1.165, 1.54) is 6.07 Å². The fraction of sp³-hybridized carbons (Fsp3) is 0.417. The molecule has 0 aromatic carbocycles. The Hall–Kier alpha value is -1.75. The lowest BCUT2D eigenvalue weighted by molar-refractivity contribution is -0.121. The number of carboxylic acids is 1. The second-order valence-electron chi connectivity index (χ2n) is 4.17. The van der Waals surface area contributed by atoms with Crippen molar-refractivity contribution in [3.63, 3.8) is 0 Å². The van der Waals surface area contributed by atoms with E-state index in [2.05, 4.69) is 9.88 Å². The van der Waals surface area contributed by atoms with Crippen molar-refractivity contribution in [3.8, 4) is 0 Å². The van der Waals surface area contributed by atoms with Crippen molar-refractivity contribution < 1.29 is 14.7 Å². The largest absolute Gasteiger partial charge is 0.477 e. The molecule has 1 N–H and O–H groups in total. The number of Topliss-reactive ketones (excluding diaryl/α,β-unsaturated/α-hetero) is 1. The first kappa shape index (κ1) is 11.7. The predicted molar refractivity (Wildman–Crippen MR) is 60.7 cm³/mol. The first-order chi connectivity index (χ1) is 8.15. The molecule has 0 unspecified atom stereocenters. The lowest BCUT2D eigenvalue weighted by Gasteiger charge is -2.25. The van der Waals surface area contributed by atoms with E-state index in [0.717, 1.165) is 25.2 Å². The highest BCUT2D eigenvalue weighted by Gasteiger charge is 2.16. The molecule has 0 aliphatic carbocycles. The van der Waals surface area contributed by atoms with Crippen LogP contribution in [-0.2, 0) is 11.3 Å². The number of aromatic carboxylic acids is 1. The molecule has 1 aromatic rings. The van der Waals surface area contributed by atoms with Crippen LogP contribution in [0.4, 0.5) is 0 Å². The van der Waals surface area contributed by atoms with Gasteiger partial charge in [-0.1, -0.05) is 6.07 Å². The number of hydrogen-bond acceptors (Lipinski definition) is 4. The molecule has 1 fully saturated rings. The monoisotopic (exact) mass is 234 g/mol. The van der Waals surface area contributed by atoms with Crippen LogP contribution in [0.25, 0.3) is 0 Å². The topological polar surface area (TPSA) is 70.5 Å². The maximum atomic E-state index is 11.1. The van der Waals surface area contributed by atoms with Crippen molar-refractivity contribution in [2.75, 3.05) is 13.1 Å². The van der Waals surface area contributed by atoms with E-state index in [4.69, 9.17) is 5.11 Å². The molecule has 5 heteroatoms. The third-order valence-corrected chi connectivity index (χ3v) is 2.86. The number of carboxylic acid groups (broad SMARTS) is 1. The highest BCUT2D eigenvalue weighted by atomic mass is 16.4. The zero-order chi connectivity index (χ0) is 12.3. The average molecular weight is 234 g/mol.